The highest BCUT2D eigenvalue weighted by molar-refractivity contribution is 5.96. The van der Waals surface area contributed by atoms with Crippen molar-refractivity contribution in [2.75, 3.05) is 45.7 Å². The topological polar surface area (TPSA) is 118 Å². The first-order valence-electron chi connectivity index (χ1n) is 14.2. The number of carbonyl (C=O) groups is 2. The molecule has 3 N–H and O–H groups in total. The lowest BCUT2D eigenvalue weighted by atomic mass is 9.95. The highest BCUT2D eigenvalue weighted by Gasteiger charge is 2.32. The minimum atomic E-state index is -1.07. The predicted octanol–water partition coefficient (Wildman–Crippen LogP) is 4.66. The summed E-state index contributed by atoms with van der Waals surface area (Å²) >= 11 is 0. The fourth-order valence-corrected chi connectivity index (χ4v) is 5.68. The second-order valence-electron chi connectivity index (χ2n) is 11.2. The maximum atomic E-state index is 14.8. The van der Waals surface area contributed by atoms with Crippen molar-refractivity contribution in [2.45, 2.75) is 26.2 Å². The number of imidazole rings is 1. The largest absolute Gasteiger partial charge is 0.494 e. The van der Waals surface area contributed by atoms with Crippen LogP contribution in [0.2, 0.25) is 0 Å². The Bertz CT molecular complexity index is 1670. The minimum absolute atomic E-state index is 0.0353. The van der Waals surface area contributed by atoms with Gasteiger partial charge in [0.25, 0.3) is 5.91 Å². The van der Waals surface area contributed by atoms with Crippen molar-refractivity contribution in [1.82, 2.24) is 19.7 Å². The van der Waals surface area contributed by atoms with E-state index in [0.717, 1.165) is 31.5 Å². The summed E-state index contributed by atoms with van der Waals surface area (Å²) in [4.78, 5) is 33.1. The molecule has 226 valence electrons. The maximum Gasteiger partial charge on any atom is 0.359 e. The molecule has 1 aliphatic rings. The van der Waals surface area contributed by atoms with Crippen molar-refractivity contribution >= 4 is 29.0 Å². The minimum Gasteiger partial charge on any atom is -0.494 e. The van der Waals surface area contributed by atoms with Crippen molar-refractivity contribution in [3.63, 3.8) is 0 Å². The van der Waals surface area contributed by atoms with Gasteiger partial charge < -0.3 is 25.0 Å². The molecule has 0 atom stereocenters. The van der Waals surface area contributed by atoms with Crippen LogP contribution in [0.25, 0.3) is 16.9 Å². The smallest absolute Gasteiger partial charge is 0.359 e. The van der Waals surface area contributed by atoms with E-state index in [1.165, 1.54) is 31.6 Å². The molecule has 0 radical (unpaired) electrons. The van der Waals surface area contributed by atoms with Gasteiger partial charge in [0, 0.05) is 48.6 Å². The number of carbonyl (C=O) groups excluding carboxylic acids is 1. The number of ether oxygens (including phenoxy) is 1. The van der Waals surface area contributed by atoms with Gasteiger partial charge in [-0.1, -0.05) is 6.92 Å². The van der Waals surface area contributed by atoms with Crippen molar-refractivity contribution in [3.8, 4) is 17.0 Å². The van der Waals surface area contributed by atoms with E-state index in [1.807, 2.05) is 20.0 Å². The summed E-state index contributed by atoms with van der Waals surface area (Å²) in [5.41, 5.74) is 2.93. The molecule has 4 aromatic rings. The Morgan fingerprint density at radius 2 is 1.91 bits per heavy atom. The quantitative estimate of drug-likeness (QED) is 0.229. The van der Waals surface area contributed by atoms with E-state index in [0.29, 0.717) is 51.8 Å². The number of nitrogens with zero attached hydrogens (tertiary/aromatic N) is 4. The van der Waals surface area contributed by atoms with E-state index in [9.17, 15) is 18.4 Å². The number of halogens is 2. The Hall–Kier alpha value is -4.58. The molecular formula is C31H35F2N6O4+. The zero-order valence-corrected chi connectivity index (χ0v) is 24.4. The maximum absolute atomic E-state index is 14.8. The first kappa shape index (κ1) is 29.9. The van der Waals surface area contributed by atoms with Crippen molar-refractivity contribution in [2.24, 2.45) is 5.92 Å². The lowest BCUT2D eigenvalue weighted by Gasteiger charge is -2.39. The van der Waals surface area contributed by atoms with E-state index in [1.54, 1.807) is 22.7 Å². The van der Waals surface area contributed by atoms with Crippen LogP contribution in [0, 0.1) is 17.6 Å². The number of likely N-dealkylation sites (tertiary alicyclic amines) is 1. The van der Waals surface area contributed by atoms with E-state index in [4.69, 9.17) is 9.84 Å². The number of likely N-dealkylation sites (N-methyl/N-ethyl adjacent to an activating group) is 1. The third kappa shape index (κ3) is 6.29. The Kier molecular flexibility index (Phi) is 8.58. The number of rotatable bonds is 10. The van der Waals surface area contributed by atoms with Crippen LogP contribution < -0.4 is 15.4 Å². The Balaban J connectivity index is 1.29. The van der Waals surface area contributed by atoms with Crippen LogP contribution in [0.5, 0.6) is 5.75 Å². The van der Waals surface area contributed by atoms with Gasteiger partial charge in [0.2, 0.25) is 5.82 Å². The summed E-state index contributed by atoms with van der Waals surface area (Å²) in [6.07, 6.45) is 6.96. The average Bonchev–Trinajstić information content (AvgIpc) is 3.42. The van der Waals surface area contributed by atoms with Crippen LogP contribution in [0.4, 0.5) is 20.3 Å². The number of hydrogen-bond donors (Lipinski definition) is 3. The van der Waals surface area contributed by atoms with Gasteiger partial charge in [-0.3, -0.25) is 9.20 Å². The summed E-state index contributed by atoms with van der Waals surface area (Å²) in [5.74, 6) is -2.51. The van der Waals surface area contributed by atoms with Gasteiger partial charge in [-0.2, -0.15) is 4.39 Å². The van der Waals surface area contributed by atoms with Crippen LogP contribution >= 0.6 is 0 Å². The van der Waals surface area contributed by atoms with Crippen molar-refractivity contribution in [3.05, 3.63) is 71.7 Å². The third-order valence-electron chi connectivity index (χ3n) is 8.19. The molecule has 12 heteroatoms. The SMILES string of the molecule is CCc1cc(Nc2nccn3c(-c4ccc(OC)c(F)c4F)cnc23)ccc1C(=O)NCC1CC[N+](C)(CC(=O)O)CC1. The number of aryl methyl sites for hydroxylation is 1. The van der Waals surface area contributed by atoms with Crippen LogP contribution in [0.1, 0.15) is 35.7 Å². The third-order valence-corrected chi connectivity index (χ3v) is 8.19. The number of nitrogens with one attached hydrogen (secondary N) is 2. The number of aromatic nitrogens is 3. The normalized spacial score (nSPS) is 18.4. The molecule has 2 aromatic carbocycles. The molecule has 5 rings (SSSR count). The molecule has 0 unspecified atom stereocenters. The van der Waals surface area contributed by atoms with Gasteiger partial charge in [0.15, 0.2) is 29.6 Å². The lowest BCUT2D eigenvalue weighted by Crippen LogP contribution is -2.53. The lowest BCUT2D eigenvalue weighted by molar-refractivity contribution is -0.908. The number of amides is 1. The number of piperidine rings is 1. The van der Waals surface area contributed by atoms with E-state index in [2.05, 4.69) is 20.6 Å². The monoisotopic (exact) mass is 593 g/mol. The van der Waals surface area contributed by atoms with Crippen LogP contribution in [-0.4, -0.2) is 76.2 Å². The van der Waals surface area contributed by atoms with Gasteiger partial charge >= 0.3 is 5.97 Å². The number of carboxylic acids is 1. The molecule has 0 spiro atoms. The van der Waals surface area contributed by atoms with Crippen LogP contribution in [-0.2, 0) is 11.2 Å². The molecular weight excluding hydrogens is 558 g/mol. The number of carboxylic acid groups (broad SMARTS) is 1. The molecule has 1 aliphatic heterocycles. The van der Waals surface area contributed by atoms with Gasteiger partial charge in [-0.15, -0.1) is 0 Å². The first-order valence-corrected chi connectivity index (χ1v) is 14.2. The Labute approximate surface area is 247 Å². The molecule has 3 heterocycles. The van der Waals surface area contributed by atoms with Crippen molar-refractivity contribution < 1.29 is 32.7 Å². The highest BCUT2D eigenvalue weighted by Crippen LogP contribution is 2.32. The predicted molar refractivity (Wildman–Crippen MR) is 157 cm³/mol. The van der Waals surface area contributed by atoms with E-state index >= 15 is 0 Å². The Morgan fingerprint density at radius 3 is 2.60 bits per heavy atom. The summed E-state index contributed by atoms with van der Waals surface area (Å²) in [6.45, 7) is 4.19. The molecule has 0 saturated carbocycles. The first-order chi connectivity index (χ1) is 20.6. The molecule has 43 heavy (non-hydrogen) atoms. The number of aliphatic carboxylic acids is 1. The molecule has 2 aromatic heterocycles. The number of fused-ring (bicyclic) bond motifs is 1. The van der Waals surface area contributed by atoms with Gasteiger partial charge in [-0.05, 0) is 48.2 Å². The van der Waals surface area contributed by atoms with Crippen LogP contribution in [0.3, 0.4) is 0 Å². The standard InChI is InChI=1S/C31H34F2N6O4/c1-4-20-15-21(5-6-22(20)31(42)36-16-19-9-13-39(2,14-10-19)18-26(40)41)37-29-30-35-17-24(38(30)12-11-34-29)23-7-8-25(43-3)28(33)27(23)32/h5-8,11-12,15,17,19H,4,9-10,13-14,16,18H2,1-3H3,(H2-,34,36,37,40,41,42)/p+1. The summed E-state index contributed by atoms with van der Waals surface area (Å²) in [7, 11) is 3.24. The zero-order chi connectivity index (χ0) is 30.7. The summed E-state index contributed by atoms with van der Waals surface area (Å²) in [6, 6.07) is 8.25. The molecule has 1 fully saturated rings. The van der Waals surface area contributed by atoms with E-state index in [-0.39, 0.29) is 23.8 Å². The second-order valence-corrected chi connectivity index (χ2v) is 11.2. The molecule has 1 saturated heterocycles. The summed E-state index contributed by atoms with van der Waals surface area (Å²) in [5, 5.41) is 15.5. The molecule has 10 nitrogen and oxygen atoms in total. The second kappa shape index (κ2) is 12.3. The van der Waals surface area contributed by atoms with E-state index < -0.39 is 17.6 Å². The fraction of sp³-hybridized carbons (Fsp3) is 0.355. The summed E-state index contributed by atoms with van der Waals surface area (Å²) < 4.78 is 36.2. The van der Waals surface area contributed by atoms with Crippen molar-refractivity contribution in [1.29, 1.82) is 0 Å². The number of hydrogen-bond acceptors (Lipinski definition) is 6. The van der Waals surface area contributed by atoms with Gasteiger partial charge in [0.1, 0.15) is 0 Å². The van der Waals surface area contributed by atoms with Gasteiger partial charge in [-0.25, -0.2) is 19.2 Å². The number of benzene rings is 2. The Morgan fingerprint density at radius 1 is 1.14 bits per heavy atom. The highest BCUT2D eigenvalue weighted by atomic mass is 19.2. The fourth-order valence-electron chi connectivity index (χ4n) is 5.68. The zero-order valence-electron chi connectivity index (χ0n) is 24.4. The molecule has 1 amide bonds. The number of methoxy groups -OCH3 is 1. The number of quaternary nitrogens is 1. The van der Waals surface area contributed by atoms with Gasteiger partial charge in [0.05, 0.1) is 39.1 Å². The molecule has 0 aliphatic carbocycles. The average molecular weight is 594 g/mol. The molecule has 0 bridgehead atoms. The van der Waals surface area contributed by atoms with Crippen LogP contribution in [0.15, 0.2) is 48.9 Å². The number of anilines is 2.